The Balaban J connectivity index is 2.19. The quantitative estimate of drug-likeness (QED) is 0.422. The Bertz CT molecular complexity index is 468. The van der Waals surface area contributed by atoms with Crippen molar-refractivity contribution in [3.8, 4) is 5.75 Å². The molecule has 5 atom stereocenters. The lowest BCUT2D eigenvalue weighted by atomic mass is 9.99. The van der Waals surface area contributed by atoms with Crippen molar-refractivity contribution < 1.29 is 35.1 Å². The molecule has 9 nitrogen and oxygen atoms in total. The van der Waals surface area contributed by atoms with Crippen molar-refractivity contribution in [1.29, 1.82) is 0 Å². The molecule has 1 fully saturated rings. The van der Waals surface area contributed by atoms with Gasteiger partial charge in [0.15, 0.2) is 0 Å². The van der Waals surface area contributed by atoms with Crippen molar-refractivity contribution in [2.75, 3.05) is 11.8 Å². The summed E-state index contributed by atoms with van der Waals surface area (Å²) in [5, 5.41) is 57.7. The summed E-state index contributed by atoms with van der Waals surface area (Å²) in [4.78, 5) is 0. The molecule has 0 unspecified atom stereocenters. The summed E-state index contributed by atoms with van der Waals surface area (Å²) in [5.74, 6) is -0.0978. The minimum absolute atomic E-state index is 0.0978. The van der Waals surface area contributed by atoms with Crippen LogP contribution in [0.5, 0.6) is 5.75 Å². The second-order valence-electron chi connectivity index (χ2n) is 4.56. The van der Waals surface area contributed by atoms with E-state index in [1.54, 1.807) is 0 Å². The Kier molecular flexibility index (Phi) is 4.96. The van der Waals surface area contributed by atoms with Crippen molar-refractivity contribution >= 4 is 5.69 Å². The fraction of sp³-hybridized carbons (Fsp3) is 0.500. The molecule has 118 valence electrons. The lowest BCUT2D eigenvalue weighted by molar-refractivity contribution is -0.277. The lowest BCUT2D eigenvalue weighted by Gasteiger charge is -2.40. The van der Waals surface area contributed by atoms with Gasteiger partial charge in [-0.3, -0.25) is 5.21 Å². The highest BCUT2D eigenvalue weighted by Crippen LogP contribution is 2.30. The molecule has 0 radical (unpaired) electrons. The summed E-state index contributed by atoms with van der Waals surface area (Å²) in [6.45, 7) is -0.597. The molecular weight excluding hydrogens is 286 g/mol. The molecule has 0 spiro atoms. The van der Waals surface area contributed by atoms with E-state index in [1.165, 1.54) is 24.3 Å². The first-order valence-electron chi connectivity index (χ1n) is 6.18. The van der Waals surface area contributed by atoms with Crippen LogP contribution in [0, 0.1) is 5.21 Å². The smallest absolute Gasteiger partial charge is 0.229 e. The fourth-order valence-electron chi connectivity index (χ4n) is 2.00. The fourth-order valence-corrected chi connectivity index (χ4v) is 2.00. The van der Waals surface area contributed by atoms with Crippen LogP contribution in [0.4, 0.5) is 5.69 Å². The first kappa shape index (κ1) is 15.9. The highest BCUT2D eigenvalue weighted by molar-refractivity contribution is 5.56. The largest absolute Gasteiger partial charge is 0.733 e. The topological polar surface area (TPSA) is 146 Å². The van der Waals surface area contributed by atoms with Gasteiger partial charge in [-0.25, -0.2) is 0 Å². The highest BCUT2D eigenvalue weighted by Gasteiger charge is 2.44. The van der Waals surface area contributed by atoms with Crippen molar-refractivity contribution in [3.63, 3.8) is 0 Å². The molecule has 5 N–H and O–H groups in total. The van der Waals surface area contributed by atoms with E-state index < -0.39 is 42.5 Å². The van der Waals surface area contributed by atoms with Gasteiger partial charge in [0, 0.05) is 0 Å². The molecule has 0 bridgehead atoms. The number of nitrogens with zero attached hydrogens (tertiary/aromatic N) is 1. The van der Waals surface area contributed by atoms with Crippen LogP contribution in [0.2, 0.25) is 0 Å². The van der Waals surface area contributed by atoms with Gasteiger partial charge in [-0.15, -0.1) is 0 Å². The number of hydrogen-bond acceptors (Lipinski definition) is 9. The molecule has 0 amide bonds. The Morgan fingerprint density at radius 1 is 1.14 bits per heavy atom. The highest BCUT2D eigenvalue weighted by atomic mass is 16.8. The van der Waals surface area contributed by atoms with Gasteiger partial charge >= 0.3 is 0 Å². The van der Waals surface area contributed by atoms with Crippen LogP contribution in [-0.4, -0.2) is 62.9 Å². The Labute approximate surface area is 119 Å². The average Bonchev–Trinajstić information content (AvgIpc) is 2.48. The standard InChI is InChI=1S/C12H16NO8/c14-5-8-9(15)10(16)11(17)12(21-8)20-7-4-2-1-3-6(7)13(18)19/h1-4,8-12,14-18H,5H2/q-1/t8-,9+,10-,11-,12+/m1/s1. The van der Waals surface area contributed by atoms with Gasteiger partial charge in [0.1, 0.15) is 30.2 Å². The van der Waals surface area contributed by atoms with E-state index in [9.17, 15) is 20.5 Å². The zero-order valence-corrected chi connectivity index (χ0v) is 10.8. The molecule has 1 saturated heterocycles. The third kappa shape index (κ3) is 3.24. The molecule has 1 aliphatic rings. The number of para-hydroxylation sites is 2. The molecule has 21 heavy (non-hydrogen) atoms. The van der Waals surface area contributed by atoms with Gasteiger partial charge < -0.3 is 40.3 Å². The molecule has 1 aromatic carbocycles. The van der Waals surface area contributed by atoms with Gasteiger partial charge in [-0.1, -0.05) is 12.1 Å². The summed E-state index contributed by atoms with van der Waals surface area (Å²) in [6, 6.07) is 5.62. The van der Waals surface area contributed by atoms with E-state index in [0.717, 1.165) is 0 Å². The summed E-state index contributed by atoms with van der Waals surface area (Å²) in [6.07, 6.45) is -7.26. The van der Waals surface area contributed by atoms with E-state index in [0.29, 0.717) is 0 Å². The number of aliphatic hydroxyl groups is 4. The van der Waals surface area contributed by atoms with Crippen LogP contribution < -0.4 is 9.96 Å². The molecule has 9 heteroatoms. The van der Waals surface area contributed by atoms with Crippen molar-refractivity contribution in [2.45, 2.75) is 30.7 Å². The zero-order chi connectivity index (χ0) is 15.6. The monoisotopic (exact) mass is 302 g/mol. The molecule has 1 aliphatic heterocycles. The normalized spacial score (nSPS) is 32.8. The Hall–Kier alpha value is -1.46. The maximum Gasteiger partial charge on any atom is 0.229 e. The molecule has 0 aromatic heterocycles. The van der Waals surface area contributed by atoms with Crippen molar-refractivity contribution in [2.24, 2.45) is 0 Å². The summed E-state index contributed by atoms with van der Waals surface area (Å²) < 4.78 is 10.4. The minimum atomic E-state index is -1.60. The van der Waals surface area contributed by atoms with Crippen molar-refractivity contribution in [1.82, 2.24) is 0 Å². The number of benzene rings is 1. The molecule has 0 saturated carbocycles. The maximum atomic E-state index is 11.0. The first-order chi connectivity index (χ1) is 9.95. The number of ether oxygens (including phenoxy) is 2. The van der Waals surface area contributed by atoms with E-state index in [2.05, 4.69) is 0 Å². The number of hydrogen-bond donors (Lipinski definition) is 5. The van der Waals surface area contributed by atoms with Crippen LogP contribution in [0.15, 0.2) is 24.3 Å². The third-order valence-corrected chi connectivity index (χ3v) is 3.16. The number of rotatable bonds is 4. The van der Waals surface area contributed by atoms with Crippen LogP contribution >= 0.6 is 0 Å². The van der Waals surface area contributed by atoms with Crippen molar-refractivity contribution in [3.05, 3.63) is 29.5 Å². The molecular formula is C12H16NO8-. The van der Waals surface area contributed by atoms with Crippen LogP contribution in [0.3, 0.4) is 0 Å². The van der Waals surface area contributed by atoms with Gasteiger partial charge in [-0.05, 0) is 12.1 Å². The Morgan fingerprint density at radius 2 is 1.81 bits per heavy atom. The van der Waals surface area contributed by atoms with Crippen LogP contribution in [0.25, 0.3) is 0 Å². The van der Waals surface area contributed by atoms with Gasteiger partial charge in [-0.2, -0.15) is 0 Å². The van der Waals surface area contributed by atoms with E-state index in [1.807, 2.05) is 0 Å². The van der Waals surface area contributed by atoms with Gasteiger partial charge in [0.05, 0.1) is 12.3 Å². The molecule has 0 aliphatic carbocycles. The average molecular weight is 302 g/mol. The zero-order valence-electron chi connectivity index (χ0n) is 10.8. The van der Waals surface area contributed by atoms with Crippen LogP contribution in [-0.2, 0) is 4.74 Å². The maximum absolute atomic E-state index is 11.0. The van der Waals surface area contributed by atoms with E-state index >= 15 is 0 Å². The molecule has 1 heterocycles. The van der Waals surface area contributed by atoms with E-state index in [-0.39, 0.29) is 11.4 Å². The van der Waals surface area contributed by atoms with Gasteiger partial charge in [0.25, 0.3) is 0 Å². The predicted molar refractivity (Wildman–Crippen MR) is 68.5 cm³/mol. The minimum Gasteiger partial charge on any atom is -0.733 e. The third-order valence-electron chi connectivity index (χ3n) is 3.16. The summed E-state index contributed by atoms with van der Waals surface area (Å²) >= 11 is 0. The lowest BCUT2D eigenvalue weighted by Crippen LogP contribution is -2.60. The summed E-state index contributed by atoms with van der Waals surface area (Å²) in [7, 11) is 0. The second kappa shape index (κ2) is 6.54. The number of aliphatic hydroxyl groups excluding tert-OH is 4. The SMILES string of the molecule is [O-]N(O)c1ccccc1O[C@H]1O[C@H](CO)[C@H](O)[C@@H](O)[C@H]1O. The second-order valence-corrected chi connectivity index (χ2v) is 4.56. The Morgan fingerprint density at radius 3 is 2.43 bits per heavy atom. The summed E-state index contributed by atoms with van der Waals surface area (Å²) in [5.41, 5.74) is -0.227. The van der Waals surface area contributed by atoms with Crippen LogP contribution in [0.1, 0.15) is 0 Å². The van der Waals surface area contributed by atoms with E-state index in [4.69, 9.17) is 19.8 Å². The number of anilines is 1. The molecule has 2 rings (SSSR count). The molecule has 1 aromatic rings. The predicted octanol–water partition coefficient (Wildman–Crippen LogP) is -1.44. The first-order valence-corrected chi connectivity index (χ1v) is 6.18. The van der Waals surface area contributed by atoms with Gasteiger partial charge in [0.2, 0.25) is 6.29 Å².